The second kappa shape index (κ2) is 4.25. The standard InChI is InChI=1S/C14H24N2O2/c1-5-10(2)16-12(18)13(3,4)15-11(17)14(16)8-6-7-9-14/h10H,5-9H2,1-4H3,(H,15,17). The van der Waals surface area contributed by atoms with Crippen molar-refractivity contribution in [3.05, 3.63) is 0 Å². The Balaban J connectivity index is 2.44. The van der Waals surface area contributed by atoms with Gasteiger partial charge in [0, 0.05) is 6.04 Å². The molecule has 0 radical (unpaired) electrons. The minimum atomic E-state index is -0.769. The highest BCUT2D eigenvalue weighted by Gasteiger charge is 2.57. The van der Waals surface area contributed by atoms with Crippen molar-refractivity contribution in [3.63, 3.8) is 0 Å². The third-order valence-electron chi connectivity index (χ3n) is 4.53. The van der Waals surface area contributed by atoms with Gasteiger partial charge >= 0.3 is 0 Å². The number of rotatable bonds is 2. The van der Waals surface area contributed by atoms with Crippen LogP contribution in [0.1, 0.15) is 59.8 Å². The van der Waals surface area contributed by atoms with Gasteiger partial charge in [-0.2, -0.15) is 0 Å². The van der Waals surface area contributed by atoms with Crippen LogP contribution in [-0.4, -0.2) is 33.8 Å². The molecule has 1 spiro atoms. The van der Waals surface area contributed by atoms with Crippen LogP contribution >= 0.6 is 0 Å². The minimum absolute atomic E-state index is 0.0462. The number of hydrogen-bond acceptors (Lipinski definition) is 2. The maximum Gasteiger partial charge on any atom is 0.248 e. The summed E-state index contributed by atoms with van der Waals surface area (Å²) in [4.78, 5) is 27.1. The summed E-state index contributed by atoms with van der Waals surface area (Å²) in [5.74, 6) is 0.114. The molecule has 2 amide bonds. The number of amides is 2. The molecular formula is C14H24N2O2. The van der Waals surface area contributed by atoms with Crippen molar-refractivity contribution in [3.8, 4) is 0 Å². The first-order valence-electron chi connectivity index (χ1n) is 7.01. The highest BCUT2D eigenvalue weighted by Crippen LogP contribution is 2.41. The van der Waals surface area contributed by atoms with E-state index in [-0.39, 0.29) is 17.9 Å². The van der Waals surface area contributed by atoms with E-state index in [2.05, 4.69) is 12.2 Å². The first kappa shape index (κ1) is 13.4. The average Bonchev–Trinajstić information content (AvgIpc) is 2.77. The smallest absolute Gasteiger partial charge is 0.248 e. The molecule has 1 saturated carbocycles. The first-order valence-corrected chi connectivity index (χ1v) is 7.01. The Morgan fingerprint density at radius 2 is 1.83 bits per heavy atom. The second-order valence-corrected chi connectivity index (χ2v) is 6.25. The van der Waals surface area contributed by atoms with Crippen molar-refractivity contribution in [1.29, 1.82) is 0 Å². The van der Waals surface area contributed by atoms with Crippen LogP contribution in [0.2, 0.25) is 0 Å². The topological polar surface area (TPSA) is 49.4 Å². The molecule has 4 heteroatoms. The van der Waals surface area contributed by atoms with Crippen molar-refractivity contribution in [2.75, 3.05) is 0 Å². The third-order valence-corrected chi connectivity index (χ3v) is 4.53. The number of piperazine rings is 1. The highest BCUT2D eigenvalue weighted by atomic mass is 16.2. The normalized spacial score (nSPS) is 27.4. The zero-order valence-corrected chi connectivity index (χ0v) is 11.9. The molecule has 1 atom stereocenters. The Morgan fingerprint density at radius 1 is 1.28 bits per heavy atom. The molecule has 1 aliphatic heterocycles. The Hall–Kier alpha value is -1.06. The van der Waals surface area contributed by atoms with Crippen molar-refractivity contribution < 1.29 is 9.59 Å². The molecule has 0 aromatic rings. The summed E-state index contributed by atoms with van der Waals surface area (Å²) in [6, 6.07) is 0.126. The van der Waals surface area contributed by atoms with Crippen LogP contribution < -0.4 is 5.32 Å². The fraction of sp³-hybridized carbons (Fsp3) is 0.857. The number of hydrogen-bond donors (Lipinski definition) is 1. The number of carbonyl (C=O) groups excluding carboxylic acids is 2. The number of carbonyl (C=O) groups is 2. The summed E-state index contributed by atoms with van der Waals surface area (Å²) >= 11 is 0. The first-order chi connectivity index (χ1) is 8.35. The largest absolute Gasteiger partial charge is 0.340 e. The average molecular weight is 252 g/mol. The Morgan fingerprint density at radius 3 is 2.33 bits per heavy atom. The van der Waals surface area contributed by atoms with Crippen molar-refractivity contribution in [1.82, 2.24) is 10.2 Å². The van der Waals surface area contributed by atoms with E-state index in [9.17, 15) is 9.59 Å². The van der Waals surface area contributed by atoms with Gasteiger partial charge in [0.25, 0.3) is 0 Å². The van der Waals surface area contributed by atoms with Gasteiger partial charge in [0.05, 0.1) is 0 Å². The lowest BCUT2D eigenvalue weighted by Crippen LogP contribution is -2.74. The molecule has 0 aromatic carbocycles. The van der Waals surface area contributed by atoms with Gasteiger partial charge in [-0.05, 0) is 40.0 Å². The van der Waals surface area contributed by atoms with Crippen molar-refractivity contribution in [2.45, 2.75) is 76.9 Å². The molecule has 0 aromatic heterocycles. The maximum absolute atomic E-state index is 12.7. The molecule has 1 unspecified atom stereocenters. The predicted octanol–water partition coefficient (Wildman–Crippen LogP) is 1.83. The zero-order valence-electron chi connectivity index (χ0n) is 11.9. The quantitative estimate of drug-likeness (QED) is 0.815. The van der Waals surface area contributed by atoms with E-state index in [1.165, 1.54) is 0 Å². The SMILES string of the molecule is CCC(C)N1C(=O)C(C)(C)NC(=O)C12CCCC2. The Labute approximate surface area is 109 Å². The van der Waals surface area contributed by atoms with E-state index in [0.29, 0.717) is 0 Å². The lowest BCUT2D eigenvalue weighted by Gasteiger charge is -2.51. The second-order valence-electron chi connectivity index (χ2n) is 6.25. The Bertz CT molecular complexity index is 370. The third kappa shape index (κ3) is 1.73. The Kier molecular flexibility index (Phi) is 3.16. The van der Waals surface area contributed by atoms with Crippen molar-refractivity contribution in [2.24, 2.45) is 0 Å². The van der Waals surface area contributed by atoms with Crippen LogP contribution in [-0.2, 0) is 9.59 Å². The van der Waals surface area contributed by atoms with Crippen LogP contribution in [0.3, 0.4) is 0 Å². The molecule has 18 heavy (non-hydrogen) atoms. The van der Waals surface area contributed by atoms with E-state index in [0.717, 1.165) is 32.1 Å². The summed E-state index contributed by atoms with van der Waals surface area (Å²) in [5.41, 5.74) is -1.34. The van der Waals surface area contributed by atoms with E-state index >= 15 is 0 Å². The van der Waals surface area contributed by atoms with Gasteiger partial charge in [0.15, 0.2) is 0 Å². The lowest BCUT2D eigenvalue weighted by atomic mass is 9.84. The summed E-state index contributed by atoms with van der Waals surface area (Å²) < 4.78 is 0. The molecule has 2 fully saturated rings. The summed E-state index contributed by atoms with van der Waals surface area (Å²) in [6.07, 6.45) is 4.58. The highest BCUT2D eigenvalue weighted by molar-refractivity contribution is 6.02. The monoisotopic (exact) mass is 252 g/mol. The molecule has 2 rings (SSSR count). The maximum atomic E-state index is 12.7. The van der Waals surface area contributed by atoms with Gasteiger partial charge in [0.2, 0.25) is 11.8 Å². The molecule has 4 nitrogen and oxygen atoms in total. The fourth-order valence-corrected chi connectivity index (χ4v) is 3.29. The van der Waals surface area contributed by atoms with E-state index in [1.807, 2.05) is 11.8 Å². The number of nitrogens with one attached hydrogen (secondary N) is 1. The minimum Gasteiger partial charge on any atom is -0.340 e. The fourth-order valence-electron chi connectivity index (χ4n) is 3.29. The van der Waals surface area contributed by atoms with Gasteiger partial charge < -0.3 is 10.2 Å². The van der Waals surface area contributed by atoms with Crippen molar-refractivity contribution >= 4 is 11.8 Å². The van der Waals surface area contributed by atoms with Crippen LogP contribution in [0, 0.1) is 0 Å². The zero-order chi connectivity index (χ0) is 13.6. The van der Waals surface area contributed by atoms with Gasteiger partial charge in [0.1, 0.15) is 11.1 Å². The van der Waals surface area contributed by atoms with E-state index in [4.69, 9.17) is 0 Å². The molecule has 2 aliphatic rings. The van der Waals surface area contributed by atoms with Crippen LogP contribution in [0.5, 0.6) is 0 Å². The summed E-state index contributed by atoms with van der Waals surface area (Å²) in [5, 5.41) is 2.92. The number of nitrogens with zero attached hydrogens (tertiary/aromatic N) is 1. The van der Waals surface area contributed by atoms with Crippen LogP contribution in [0.25, 0.3) is 0 Å². The molecule has 1 saturated heterocycles. The molecule has 1 N–H and O–H groups in total. The van der Waals surface area contributed by atoms with Gasteiger partial charge in [-0.25, -0.2) is 0 Å². The molecular weight excluding hydrogens is 228 g/mol. The van der Waals surface area contributed by atoms with Gasteiger partial charge in [-0.1, -0.05) is 19.8 Å². The molecule has 0 bridgehead atoms. The lowest BCUT2D eigenvalue weighted by molar-refractivity contribution is -0.164. The van der Waals surface area contributed by atoms with Crippen LogP contribution in [0.15, 0.2) is 0 Å². The molecule has 1 heterocycles. The predicted molar refractivity (Wildman–Crippen MR) is 70.0 cm³/mol. The summed E-state index contributed by atoms with van der Waals surface area (Å²) in [6.45, 7) is 7.71. The van der Waals surface area contributed by atoms with Gasteiger partial charge in [-0.3, -0.25) is 9.59 Å². The van der Waals surface area contributed by atoms with E-state index < -0.39 is 11.1 Å². The van der Waals surface area contributed by atoms with Gasteiger partial charge in [-0.15, -0.1) is 0 Å². The summed E-state index contributed by atoms with van der Waals surface area (Å²) in [7, 11) is 0. The molecule has 1 aliphatic carbocycles. The molecule has 102 valence electrons. The van der Waals surface area contributed by atoms with E-state index in [1.54, 1.807) is 13.8 Å². The van der Waals surface area contributed by atoms with Crippen LogP contribution in [0.4, 0.5) is 0 Å².